The van der Waals surface area contributed by atoms with Crippen LogP contribution in [0.1, 0.15) is 18.0 Å². The fraction of sp³-hybridized carbons (Fsp3) is 0.222. The smallest absolute Gasteiger partial charge is 0.305 e. The number of hydrogen-bond acceptors (Lipinski definition) is 5. The minimum absolute atomic E-state index is 0.180. The average Bonchev–Trinajstić information content (AvgIpc) is 2.15. The first kappa shape index (κ1) is 12.8. The van der Waals surface area contributed by atoms with Crippen LogP contribution in [0.15, 0.2) is 12.1 Å². The number of phenolic OH excluding ortho intramolecular Hbond substituents is 1. The van der Waals surface area contributed by atoms with Crippen molar-refractivity contribution in [2.45, 2.75) is 12.5 Å². The van der Waals surface area contributed by atoms with Gasteiger partial charge in [0.1, 0.15) is 5.75 Å². The van der Waals surface area contributed by atoms with Crippen molar-refractivity contribution in [3.63, 3.8) is 0 Å². The maximum absolute atomic E-state index is 13.0. The minimum Gasteiger partial charge on any atom is -0.507 e. The predicted molar refractivity (Wildman–Crippen MR) is 53.9 cm³/mol. The van der Waals surface area contributed by atoms with E-state index in [2.05, 4.69) is 0 Å². The van der Waals surface area contributed by atoms with Crippen molar-refractivity contribution in [2.24, 2.45) is 5.73 Å². The van der Waals surface area contributed by atoms with E-state index < -0.39 is 40.6 Å². The zero-order valence-electron chi connectivity index (χ0n) is 8.46. The summed E-state index contributed by atoms with van der Waals surface area (Å²) in [5.74, 6) is -3.05. The molecule has 8 heteroatoms. The molecule has 92 valence electrons. The second-order valence-electron chi connectivity index (χ2n) is 3.32. The highest BCUT2D eigenvalue weighted by Crippen LogP contribution is 2.31. The number of halogens is 1. The van der Waals surface area contributed by atoms with E-state index in [4.69, 9.17) is 10.8 Å². The van der Waals surface area contributed by atoms with Crippen molar-refractivity contribution < 1.29 is 24.3 Å². The first-order chi connectivity index (χ1) is 7.82. The zero-order chi connectivity index (χ0) is 13.2. The normalized spacial score (nSPS) is 12.1. The highest BCUT2D eigenvalue weighted by molar-refractivity contribution is 5.68. The summed E-state index contributed by atoms with van der Waals surface area (Å²) in [6.07, 6.45) is -0.531. The number of nitro benzene ring substituents is 1. The Balaban J connectivity index is 3.19. The van der Waals surface area contributed by atoms with Gasteiger partial charge in [-0.3, -0.25) is 14.9 Å². The van der Waals surface area contributed by atoms with Crippen LogP contribution in [0.2, 0.25) is 0 Å². The molecule has 4 N–H and O–H groups in total. The number of nitro groups is 1. The fourth-order valence-electron chi connectivity index (χ4n) is 1.30. The van der Waals surface area contributed by atoms with E-state index in [0.717, 1.165) is 6.07 Å². The minimum atomic E-state index is -1.23. The van der Waals surface area contributed by atoms with Crippen molar-refractivity contribution in [1.82, 2.24) is 0 Å². The maximum atomic E-state index is 13.0. The molecule has 1 atom stereocenters. The summed E-state index contributed by atoms with van der Waals surface area (Å²) in [4.78, 5) is 19.9. The van der Waals surface area contributed by atoms with Crippen molar-refractivity contribution in [1.29, 1.82) is 0 Å². The van der Waals surface area contributed by atoms with Gasteiger partial charge in [-0.2, -0.15) is 4.39 Å². The van der Waals surface area contributed by atoms with E-state index in [-0.39, 0.29) is 5.56 Å². The molecule has 0 aliphatic heterocycles. The third-order valence-electron chi connectivity index (χ3n) is 2.09. The van der Waals surface area contributed by atoms with Gasteiger partial charge in [0.25, 0.3) is 0 Å². The Morgan fingerprint density at radius 1 is 1.59 bits per heavy atom. The summed E-state index contributed by atoms with van der Waals surface area (Å²) in [5.41, 5.74) is 4.39. The summed E-state index contributed by atoms with van der Waals surface area (Å²) in [6, 6.07) is 0.125. The van der Waals surface area contributed by atoms with Crippen molar-refractivity contribution in [2.75, 3.05) is 0 Å². The molecule has 1 unspecified atom stereocenters. The molecule has 0 spiro atoms. The molecule has 1 aromatic rings. The molecule has 1 aromatic carbocycles. The van der Waals surface area contributed by atoms with E-state index in [1.54, 1.807) is 0 Å². The predicted octanol–water partition coefficient (Wildman–Crippen LogP) is 0.914. The number of carboxylic acids is 1. The molecular weight excluding hydrogens is 235 g/mol. The van der Waals surface area contributed by atoms with Crippen LogP contribution in [0.4, 0.5) is 10.1 Å². The molecule has 0 aromatic heterocycles. The Hall–Kier alpha value is -2.22. The van der Waals surface area contributed by atoms with Crippen LogP contribution < -0.4 is 5.73 Å². The van der Waals surface area contributed by atoms with Crippen LogP contribution >= 0.6 is 0 Å². The van der Waals surface area contributed by atoms with E-state index in [0.29, 0.717) is 6.07 Å². The van der Waals surface area contributed by atoms with E-state index >= 15 is 0 Å². The van der Waals surface area contributed by atoms with Gasteiger partial charge in [0.15, 0.2) is 0 Å². The number of hydrogen-bond donors (Lipinski definition) is 3. The molecule has 0 aliphatic rings. The average molecular weight is 244 g/mol. The number of carboxylic acid groups (broad SMARTS) is 1. The Morgan fingerprint density at radius 2 is 2.18 bits per heavy atom. The molecule has 0 radical (unpaired) electrons. The lowest BCUT2D eigenvalue weighted by Crippen LogP contribution is -2.15. The molecule has 0 fully saturated rings. The number of nitrogens with two attached hydrogens (primary N) is 1. The van der Waals surface area contributed by atoms with Gasteiger partial charge >= 0.3 is 11.7 Å². The van der Waals surface area contributed by atoms with Gasteiger partial charge in [-0.05, 0) is 0 Å². The first-order valence-electron chi connectivity index (χ1n) is 4.47. The lowest BCUT2D eigenvalue weighted by Gasteiger charge is -2.11. The first-order valence-corrected chi connectivity index (χ1v) is 4.47. The largest absolute Gasteiger partial charge is 0.507 e. The zero-order valence-corrected chi connectivity index (χ0v) is 8.46. The van der Waals surface area contributed by atoms with Gasteiger partial charge in [-0.1, -0.05) is 0 Å². The third kappa shape index (κ3) is 2.88. The number of nitrogens with zero attached hydrogens (tertiary/aromatic N) is 1. The Morgan fingerprint density at radius 3 is 2.65 bits per heavy atom. The number of aromatic hydroxyl groups is 1. The maximum Gasteiger partial charge on any atom is 0.305 e. The topological polar surface area (TPSA) is 127 Å². The second kappa shape index (κ2) is 4.74. The van der Waals surface area contributed by atoms with Crippen molar-refractivity contribution >= 4 is 11.7 Å². The van der Waals surface area contributed by atoms with Gasteiger partial charge < -0.3 is 15.9 Å². The molecule has 1 rings (SSSR count). The fourth-order valence-corrected chi connectivity index (χ4v) is 1.30. The summed E-state index contributed by atoms with van der Waals surface area (Å²) in [5, 5.41) is 28.3. The van der Waals surface area contributed by atoms with Gasteiger partial charge in [-0.15, -0.1) is 0 Å². The number of carbonyl (C=O) groups is 1. The molecule has 7 nitrogen and oxygen atoms in total. The molecule has 0 amide bonds. The van der Waals surface area contributed by atoms with Gasteiger partial charge in [0.05, 0.1) is 11.3 Å². The molecule has 0 heterocycles. The van der Waals surface area contributed by atoms with E-state index in [9.17, 15) is 24.4 Å². The second-order valence-corrected chi connectivity index (χ2v) is 3.32. The van der Waals surface area contributed by atoms with Crippen LogP contribution in [0.3, 0.4) is 0 Å². The molecule has 0 bridgehead atoms. The Labute approximate surface area is 94.4 Å². The Kier molecular flexibility index (Phi) is 3.59. The summed E-state index contributed by atoms with van der Waals surface area (Å²) >= 11 is 0. The molecule has 0 aliphatic carbocycles. The van der Waals surface area contributed by atoms with Crippen LogP contribution in [-0.4, -0.2) is 21.1 Å². The number of benzene rings is 1. The number of rotatable bonds is 4. The van der Waals surface area contributed by atoms with E-state index in [1.807, 2.05) is 0 Å². The van der Waals surface area contributed by atoms with Gasteiger partial charge in [-0.25, -0.2) is 0 Å². The molecule has 17 heavy (non-hydrogen) atoms. The van der Waals surface area contributed by atoms with Crippen LogP contribution in [0.25, 0.3) is 0 Å². The summed E-state index contributed by atoms with van der Waals surface area (Å²) in [7, 11) is 0. The van der Waals surface area contributed by atoms with Crippen LogP contribution in [0.5, 0.6) is 5.75 Å². The SMILES string of the molecule is NC(CC(=O)O)c1cc([N+](=O)[O-])c(F)cc1O. The molecular formula is C9H9FN2O5. The Bertz CT molecular complexity index is 477. The van der Waals surface area contributed by atoms with Crippen LogP contribution in [-0.2, 0) is 4.79 Å². The number of aliphatic carboxylic acids is 1. The van der Waals surface area contributed by atoms with Gasteiger partial charge in [0, 0.05) is 23.7 Å². The lowest BCUT2D eigenvalue weighted by atomic mass is 10.0. The van der Waals surface area contributed by atoms with Crippen LogP contribution in [0, 0.1) is 15.9 Å². The monoisotopic (exact) mass is 244 g/mol. The highest BCUT2D eigenvalue weighted by atomic mass is 19.1. The standard InChI is InChI=1S/C9H9FN2O5/c10-5-2-8(13)4(1-7(5)12(16)17)6(11)3-9(14)15/h1-2,6,13H,3,11H2,(H,14,15). The van der Waals surface area contributed by atoms with Crippen molar-refractivity contribution in [3.8, 4) is 5.75 Å². The lowest BCUT2D eigenvalue weighted by molar-refractivity contribution is -0.387. The summed E-state index contributed by atoms with van der Waals surface area (Å²) in [6.45, 7) is 0. The molecule has 0 saturated carbocycles. The van der Waals surface area contributed by atoms with Crippen molar-refractivity contribution in [3.05, 3.63) is 33.6 Å². The number of phenols is 1. The molecule has 0 saturated heterocycles. The summed E-state index contributed by atoms with van der Waals surface area (Å²) < 4.78 is 13.0. The quantitative estimate of drug-likeness (QED) is 0.533. The third-order valence-corrected chi connectivity index (χ3v) is 2.09. The highest BCUT2D eigenvalue weighted by Gasteiger charge is 2.22. The van der Waals surface area contributed by atoms with E-state index in [1.165, 1.54) is 0 Å². The van der Waals surface area contributed by atoms with Gasteiger partial charge in [0.2, 0.25) is 5.82 Å².